The summed E-state index contributed by atoms with van der Waals surface area (Å²) in [5, 5.41) is 5.60. The molecule has 0 atom stereocenters. The van der Waals surface area contributed by atoms with E-state index in [0.29, 0.717) is 24.4 Å². The van der Waals surface area contributed by atoms with E-state index in [-0.39, 0.29) is 17.3 Å². The lowest BCUT2D eigenvalue weighted by Crippen LogP contribution is -2.45. The van der Waals surface area contributed by atoms with Gasteiger partial charge in [0.05, 0.1) is 11.1 Å². The molecule has 0 saturated carbocycles. The van der Waals surface area contributed by atoms with E-state index in [1.54, 1.807) is 29.2 Å². The first kappa shape index (κ1) is 19.3. The van der Waals surface area contributed by atoms with Gasteiger partial charge in [0.15, 0.2) is 0 Å². The van der Waals surface area contributed by atoms with Gasteiger partial charge in [-0.2, -0.15) is 13.2 Å². The first-order valence-corrected chi connectivity index (χ1v) is 9.35. The van der Waals surface area contributed by atoms with E-state index in [9.17, 15) is 18.0 Å². The molecule has 0 bridgehead atoms. The number of carbonyl (C=O) groups is 1. The largest absolute Gasteiger partial charge is 0.418 e. The normalized spacial score (nSPS) is 18.7. The molecule has 0 aromatic heterocycles. The maximum atomic E-state index is 13.7. The number of nitrogens with one attached hydrogen (secondary N) is 2. The molecular formula is C21H21F3N4O. The Kier molecular flexibility index (Phi) is 4.96. The van der Waals surface area contributed by atoms with Gasteiger partial charge in [0.2, 0.25) is 0 Å². The number of nitrogens with zero attached hydrogens (tertiary/aromatic N) is 2. The fourth-order valence-electron chi connectivity index (χ4n) is 3.61. The summed E-state index contributed by atoms with van der Waals surface area (Å²) in [4.78, 5) is 16.0. The van der Waals surface area contributed by atoms with E-state index in [4.69, 9.17) is 0 Å². The monoisotopic (exact) mass is 402 g/mol. The zero-order valence-corrected chi connectivity index (χ0v) is 15.9. The summed E-state index contributed by atoms with van der Waals surface area (Å²) in [7, 11) is 1.96. The van der Waals surface area contributed by atoms with Gasteiger partial charge in [-0.25, -0.2) is 0 Å². The van der Waals surface area contributed by atoms with Gasteiger partial charge in [-0.05, 0) is 31.3 Å². The third-order valence-electron chi connectivity index (χ3n) is 5.24. The zero-order valence-electron chi connectivity index (χ0n) is 15.9. The third kappa shape index (κ3) is 3.93. The number of hydrogen-bond acceptors (Lipinski definition) is 4. The van der Waals surface area contributed by atoms with Crippen LogP contribution in [0.3, 0.4) is 0 Å². The smallest absolute Gasteiger partial charge is 0.368 e. The minimum atomic E-state index is -4.47. The number of amides is 1. The van der Waals surface area contributed by atoms with Crippen molar-refractivity contribution in [2.75, 3.05) is 48.8 Å². The lowest BCUT2D eigenvalue weighted by atomic mass is 10.1. The molecule has 4 rings (SSSR count). The van der Waals surface area contributed by atoms with Crippen molar-refractivity contribution in [1.82, 2.24) is 4.90 Å². The van der Waals surface area contributed by atoms with Crippen LogP contribution in [0.2, 0.25) is 0 Å². The number of para-hydroxylation sites is 1. The Balaban J connectivity index is 1.61. The number of hydrogen-bond donors (Lipinski definition) is 2. The van der Waals surface area contributed by atoms with E-state index in [1.165, 1.54) is 12.3 Å². The molecule has 0 radical (unpaired) electrons. The summed E-state index contributed by atoms with van der Waals surface area (Å²) in [5.41, 5.74) is 1.58. The number of benzene rings is 2. The lowest BCUT2D eigenvalue weighted by molar-refractivity contribution is -0.137. The van der Waals surface area contributed by atoms with Gasteiger partial charge in [0.1, 0.15) is 0 Å². The van der Waals surface area contributed by atoms with E-state index in [2.05, 4.69) is 15.5 Å². The van der Waals surface area contributed by atoms with Gasteiger partial charge < -0.3 is 20.4 Å². The van der Waals surface area contributed by atoms with Gasteiger partial charge >= 0.3 is 6.18 Å². The van der Waals surface area contributed by atoms with E-state index in [1.807, 2.05) is 13.1 Å². The van der Waals surface area contributed by atoms with E-state index in [0.717, 1.165) is 24.7 Å². The van der Waals surface area contributed by atoms with Crippen molar-refractivity contribution >= 4 is 28.5 Å². The minimum absolute atomic E-state index is 0.188. The second-order valence-corrected chi connectivity index (χ2v) is 7.22. The molecule has 5 nitrogen and oxygen atoms in total. The number of piperazine rings is 1. The number of anilines is 3. The van der Waals surface area contributed by atoms with Crippen molar-refractivity contribution in [3.8, 4) is 0 Å². The number of halogens is 3. The van der Waals surface area contributed by atoms with Crippen molar-refractivity contribution in [3.63, 3.8) is 0 Å². The number of alkyl halides is 3. The fourth-order valence-corrected chi connectivity index (χ4v) is 3.61. The number of likely N-dealkylation sites (N-methyl/N-ethyl adjacent to an activating group) is 1. The minimum Gasteiger partial charge on any atom is -0.368 e. The summed E-state index contributed by atoms with van der Waals surface area (Å²) in [6.45, 7) is 2.54. The fraction of sp³-hybridized carbons (Fsp3) is 0.286. The van der Waals surface area contributed by atoms with Crippen LogP contribution in [0.15, 0.2) is 48.7 Å². The zero-order chi connectivity index (χ0) is 20.6. The molecule has 2 aliphatic heterocycles. The predicted octanol–water partition coefficient (Wildman–Crippen LogP) is 3.86. The molecule has 2 aromatic rings. The molecule has 2 N–H and O–H groups in total. The summed E-state index contributed by atoms with van der Waals surface area (Å²) < 4.78 is 41.1. The van der Waals surface area contributed by atoms with Gasteiger partial charge in [-0.1, -0.05) is 18.2 Å². The standard InChI is InChI=1S/C21H21F3N4O/c1-27-8-10-28(11-9-27)19-7-6-14(12-17(19)21(22,23)24)25-13-16-15-4-2-3-5-18(15)26-20(16)29/h2-7,12-13,25H,8-11H2,1H3,(H,26,29)/b16-13+. The molecular weight excluding hydrogens is 381 g/mol. The number of carbonyl (C=O) groups excluding carboxylic acids is 1. The van der Waals surface area contributed by atoms with Crippen molar-refractivity contribution in [2.45, 2.75) is 6.18 Å². The quantitative estimate of drug-likeness (QED) is 0.766. The van der Waals surface area contributed by atoms with Gasteiger partial charge in [0.25, 0.3) is 5.91 Å². The molecule has 0 unspecified atom stereocenters. The van der Waals surface area contributed by atoms with Gasteiger partial charge in [0, 0.05) is 55.0 Å². The lowest BCUT2D eigenvalue weighted by Gasteiger charge is -2.35. The molecule has 1 amide bonds. The molecule has 2 aliphatic rings. The van der Waals surface area contributed by atoms with Crippen LogP contribution in [0.5, 0.6) is 0 Å². The molecule has 1 fully saturated rings. The Morgan fingerprint density at radius 3 is 2.52 bits per heavy atom. The topological polar surface area (TPSA) is 47.6 Å². The highest BCUT2D eigenvalue weighted by molar-refractivity contribution is 6.31. The molecule has 1 saturated heterocycles. The van der Waals surface area contributed by atoms with Crippen LogP contribution in [0, 0.1) is 0 Å². The Morgan fingerprint density at radius 1 is 1.07 bits per heavy atom. The number of rotatable bonds is 3. The van der Waals surface area contributed by atoms with Crippen molar-refractivity contribution in [1.29, 1.82) is 0 Å². The van der Waals surface area contributed by atoms with Crippen molar-refractivity contribution in [3.05, 3.63) is 59.8 Å². The Morgan fingerprint density at radius 2 is 1.79 bits per heavy atom. The van der Waals surface area contributed by atoms with Gasteiger partial charge in [-0.3, -0.25) is 4.79 Å². The first-order chi connectivity index (χ1) is 13.8. The summed E-state index contributed by atoms with van der Waals surface area (Å²) >= 11 is 0. The molecule has 0 spiro atoms. The van der Waals surface area contributed by atoms with Crippen molar-refractivity contribution in [2.24, 2.45) is 0 Å². The van der Waals surface area contributed by atoms with Crippen LogP contribution in [0.4, 0.5) is 30.2 Å². The highest BCUT2D eigenvalue weighted by atomic mass is 19.4. The summed E-state index contributed by atoms with van der Waals surface area (Å²) in [6.07, 6.45) is -3.02. The summed E-state index contributed by atoms with van der Waals surface area (Å²) in [6, 6.07) is 11.4. The Bertz CT molecular complexity index is 963. The average Bonchev–Trinajstić information content (AvgIpc) is 3.01. The molecule has 2 aromatic carbocycles. The SMILES string of the molecule is CN1CCN(c2ccc(N/C=C3/C(=O)Nc4ccccc43)cc2C(F)(F)F)CC1. The second kappa shape index (κ2) is 7.44. The Labute approximate surface area is 166 Å². The summed E-state index contributed by atoms with van der Waals surface area (Å²) in [5.74, 6) is -0.288. The van der Waals surface area contributed by atoms with Gasteiger partial charge in [-0.15, -0.1) is 0 Å². The molecule has 152 valence electrons. The average molecular weight is 402 g/mol. The third-order valence-corrected chi connectivity index (χ3v) is 5.24. The van der Waals surface area contributed by atoms with Crippen LogP contribution in [-0.4, -0.2) is 44.0 Å². The van der Waals surface area contributed by atoms with E-state index >= 15 is 0 Å². The second-order valence-electron chi connectivity index (χ2n) is 7.22. The van der Waals surface area contributed by atoms with Crippen LogP contribution >= 0.6 is 0 Å². The molecule has 29 heavy (non-hydrogen) atoms. The van der Waals surface area contributed by atoms with Crippen LogP contribution < -0.4 is 15.5 Å². The molecule has 2 heterocycles. The molecule has 0 aliphatic carbocycles. The van der Waals surface area contributed by atoms with Crippen LogP contribution in [0.25, 0.3) is 5.57 Å². The Hall–Kier alpha value is -3.00. The maximum Gasteiger partial charge on any atom is 0.418 e. The first-order valence-electron chi connectivity index (χ1n) is 9.35. The number of fused-ring (bicyclic) bond motifs is 1. The maximum absolute atomic E-state index is 13.7. The van der Waals surface area contributed by atoms with Crippen LogP contribution in [-0.2, 0) is 11.0 Å². The predicted molar refractivity (Wildman–Crippen MR) is 108 cm³/mol. The van der Waals surface area contributed by atoms with Crippen LogP contribution in [0.1, 0.15) is 11.1 Å². The van der Waals surface area contributed by atoms with E-state index < -0.39 is 11.7 Å². The highest BCUT2D eigenvalue weighted by Gasteiger charge is 2.35. The molecule has 8 heteroatoms. The highest BCUT2D eigenvalue weighted by Crippen LogP contribution is 2.39. The van der Waals surface area contributed by atoms with Crippen molar-refractivity contribution < 1.29 is 18.0 Å².